The molecule has 0 aromatic carbocycles. The van der Waals surface area contributed by atoms with Crippen LogP contribution in [0.1, 0.15) is 33.6 Å². The van der Waals surface area contributed by atoms with Crippen LogP contribution in [0, 0.1) is 5.92 Å². The van der Waals surface area contributed by atoms with Crippen molar-refractivity contribution < 1.29 is 14.6 Å². The fourth-order valence-electron chi connectivity index (χ4n) is 1.11. The summed E-state index contributed by atoms with van der Waals surface area (Å²) in [5.74, 6) is -1.27. The van der Waals surface area contributed by atoms with E-state index in [1.54, 1.807) is 13.8 Å². The van der Waals surface area contributed by atoms with Gasteiger partial charge in [-0.1, -0.05) is 6.08 Å². The molecule has 0 heterocycles. The average Bonchev–Trinajstić information content (AvgIpc) is 2.13. The van der Waals surface area contributed by atoms with Gasteiger partial charge in [0.15, 0.2) is 0 Å². The van der Waals surface area contributed by atoms with Crippen molar-refractivity contribution in [3.8, 4) is 0 Å². The maximum atomic E-state index is 10.6. The number of hydrogen-bond donors (Lipinski definition) is 1. The molecule has 0 aliphatic heterocycles. The third-order valence-corrected chi connectivity index (χ3v) is 2.32. The minimum atomic E-state index is -0.812. The van der Waals surface area contributed by atoms with Gasteiger partial charge in [-0.2, -0.15) is 0 Å². The van der Waals surface area contributed by atoms with E-state index in [2.05, 4.69) is 6.58 Å². The van der Waals surface area contributed by atoms with Gasteiger partial charge in [-0.15, -0.1) is 6.58 Å². The predicted octanol–water partition coefficient (Wildman–Crippen LogP) is 2.47. The third kappa shape index (κ3) is 5.02. The molecule has 0 saturated heterocycles. The van der Waals surface area contributed by atoms with Crippen LogP contribution in [0.3, 0.4) is 0 Å². The normalized spacial score (nSPS) is 17.1. The lowest BCUT2D eigenvalue weighted by atomic mass is 10.1. The van der Waals surface area contributed by atoms with Gasteiger partial charge in [-0.3, -0.25) is 4.79 Å². The highest BCUT2D eigenvalue weighted by Crippen LogP contribution is 2.12. The molecule has 1 N–H and O–H groups in total. The third-order valence-electron chi connectivity index (χ3n) is 2.32. The van der Waals surface area contributed by atoms with Crippen molar-refractivity contribution in [2.75, 3.05) is 0 Å². The fraction of sp³-hybridized carbons (Fsp3) is 0.727. The zero-order valence-electron chi connectivity index (χ0n) is 9.19. The summed E-state index contributed by atoms with van der Waals surface area (Å²) in [7, 11) is 0. The topological polar surface area (TPSA) is 46.5 Å². The second kappa shape index (κ2) is 6.60. The van der Waals surface area contributed by atoms with E-state index in [1.807, 2.05) is 13.0 Å². The molecule has 0 amide bonds. The fourth-order valence-corrected chi connectivity index (χ4v) is 1.11. The van der Waals surface area contributed by atoms with Gasteiger partial charge in [0, 0.05) is 0 Å². The second-order valence-electron chi connectivity index (χ2n) is 3.64. The number of aliphatic carboxylic acids is 1. The van der Waals surface area contributed by atoms with Crippen molar-refractivity contribution in [1.29, 1.82) is 0 Å². The van der Waals surface area contributed by atoms with Crippen LogP contribution < -0.4 is 0 Å². The number of hydrogen-bond acceptors (Lipinski definition) is 2. The Hall–Kier alpha value is -0.830. The quantitative estimate of drug-likeness (QED) is 0.642. The van der Waals surface area contributed by atoms with E-state index in [0.29, 0.717) is 0 Å². The van der Waals surface area contributed by atoms with E-state index in [4.69, 9.17) is 9.84 Å². The first kappa shape index (κ1) is 13.2. The van der Waals surface area contributed by atoms with Crippen LogP contribution in [-0.4, -0.2) is 23.3 Å². The molecule has 0 aliphatic rings. The molecule has 0 aromatic rings. The Kier molecular flexibility index (Phi) is 6.21. The van der Waals surface area contributed by atoms with Gasteiger partial charge in [0.05, 0.1) is 18.1 Å². The largest absolute Gasteiger partial charge is 0.481 e. The molecule has 3 atom stereocenters. The molecule has 3 heteroatoms. The van der Waals surface area contributed by atoms with Crippen LogP contribution in [-0.2, 0) is 9.53 Å². The molecule has 3 nitrogen and oxygen atoms in total. The zero-order valence-corrected chi connectivity index (χ0v) is 9.19. The van der Waals surface area contributed by atoms with Crippen LogP contribution >= 0.6 is 0 Å². The molecular weight excluding hydrogens is 180 g/mol. The molecule has 82 valence electrons. The van der Waals surface area contributed by atoms with Crippen molar-refractivity contribution in [2.45, 2.75) is 45.8 Å². The SMILES string of the molecule is C=CCC[C@@H](C)O[C@@H](C)[C@H](C)C(=O)O. The Bertz CT molecular complexity index is 189. The standard InChI is InChI=1S/C11H20O3/c1-5-6-7-8(2)14-10(4)9(3)11(12)13/h5,8-10H,1,6-7H2,2-4H3,(H,12,13)/t8-,9+,10+/m1/s1. The number of carboxylic acid groups (broad SMARTS) is 1. The summed E-state index contributed by atoms with van der Waals surface area (Å²) in [5, 5.41) is 8.75. The van der Waals surface area contributed by atoms with Gasteiger partial charge in [-0.25, -0.2) is 0 Å². The Morgan fingerprint density at radius 2 is 2.07 bits per heavy atom. The molecule has 0 rings (SSSR count). The van der Waals surface area contributed by atoms with Crippen molar-refractivity contribution in [2.24, 2.45) is 5.92 Å². The lowest BCUT2D eigenvalue weighted by Gasteiger charge is -2.21. The number of rotatable bonds is 7. The summed E-state index contributed by atoms with van der Waals surface area (Å²) in [4.78, 5) is 10.6. The minimum Gasteiger partial charge on any atom is -0.481 e. The number of carboxylic acids is 1. The van der Waals surface area contributed by atoms with E-state index in [9.17, 15) is 4.79 Å². The first-order valence-corrected chi connectivity index (χ1v) is 4.98. The lowest BCUT2D eigenvalue weighted by Crippen LogP contribution is -2.28. The molecule has 0 bridgehead atoms. The van der Waals surface area contributed by atoms with Gasteiger partial charge in [0.2, 0.25) is 0 Å². The van der Waals surface area contributed by atoms with E-state index in [-0.39, 0.29) is 12.2 Å². The van der Waals surface area contributed by atoms with E-state index >= 15 is 0 Å². The molecule has 0 aromatic heterocycles. The summed E-state index contributed by atoms with van der Waals surface area (Å²) in [5.41, 5.74) is 0. The molecule has 0 radical (unpaired) electrons. The highest BCUT2D eigenvalue weighted by Gasteiger charge is 2.21. The molecule has 0 unspecified atom stereocenters. The molecular formula is C11H20O3. The van der Waals surface area contributed by atoms with Crippen LogP contribution in [0.15, 0.2) is 12.7 Å². The van der Waals surface area contributed by atoms with Crippen LogP contribution in [0.25, 0.3) is 0 Å². The van der Waals surface area contributed by atoms with Crippen molar-refractivity contribution in [3.05, 3.63) is 12.7 Å². The summed E-state index contributed by atoms with van der Waals surface area (Å²) in [6.45, 7) is 9.03. The van der Waals surface area contributed by atoms with Gasteiger partial charge >= 0.3 is 5.97 Å². The molecule has 0 fully saturated rings. The predicted molar refractivity (Wildman–Crippen MR) is 56.2 cm³/mol. The Labute approximate surface area is 85.8 Å². The Morgan fingerprint density at radius 1 is 1.50 bits per heavy atom. The Balaban J connectivity index is 3.85. The van der Waals surface area contributed by atoms with Gasteiger partial charge in [-0.05, 0) is 33.6 Å². The summed E-state index contributed by atoms with van der Waals surface area (Å²) in [6, 6.07) is 0. The zero-order chi connectivity index (χ0) is 11.1. The van der Waals surface area contributed by atoms with Crippen LogP contribution in [0.4, 0.5) is 0 Å². The molecule has 0 spiro atoms. The van der Waals surface area contributed by atoms with Crippen LogP contribution in [0.5, 0.6) is 0 Å². The first-order chi connectivity index (χ1) is 6.49. The Morgan fingerprint density at radius 3 is 2.50 bits per heavy atom. The van der Waals surface area contributed by atoms with Crippen molar-refractivity contribution in [3.63, 3.8) is 0 Å². The van der Waals surface area contributed by atoms with Crippen molar-refractivity contribution in [1.82, 2.24) is 0 Å². The molecule has 0 aliphatic carbocycles. The first-order valence-electron chi connectivity index (χ1n) is 4.98. The van der Waals surface area contributed by atoms with Crippen LogP contribution in [0.2, 0.25) is 0 Å². The average molecular weight is 200 g/mol. The van der Waals surface area contributed by atoms with Crippen molar-refractivity contribution >= 4 is 5.97 Å². The maximum Gasteiger partial charge on any atom is 0.308 e. The van der Waals surface area contributed by atoms with E-state index in [1.165, 1.54) is 0 Å². The summed E-state index contributed by atoms with van der Waals surface area (Å²) < 4.78 is 5.55. The minimum absolute atomic E-state index is 0.0878. The van der Waals surface area contributed by atoms with Gasteiger partial charge < -0.3 is 9.84 Å². The smallest absolute Gasteiger partial charge is 0.308 e. The van der Waals surface area contributed by atoms with E-state index < -0.39 is 11.9 Å². The number of ether oxygens (including phenoxy) is 1. The lowest BCUT2D eigenvalue weighted by molar-refractivity contribution is -0.147. The second-order valence-corrected chi connectivity index (χ2v) is 3.64. The number of carbonyl (C=O) groups is 1. The van der Waals surface area contributed by atoms with Gasteiger partial charge in [0.25, 0.3) is 0 Å². The van der Waals surface area contributed by atoms with Gasteiger partial charge in [0.1, 0.15) is 0 Å². The highest BCUT2D eigenvalue weighted by atomic mass is 16.5. The molecule has 0 saturated carbocycles. The number of allylic oxidation sites excluding steroid dienone is 1. The summed E-state index contributed by atoms with van der Waals surface area (Å²) >= 11 is 0. The highest BCUT2D eigenvalue weighted by molar-refractivity contribution is 5.70. The molecule has 14 heavy (non-hydrogen) atoms. The van der Waals surface area contributed by atoms with E-state index in [0.717, 1.165) is 12.8 Å². The summed E-state index contributed by atoms with van der Waals surface area (Å²) in [6.07, 6.45) is 3.47. The monoisotopic (exact) mass is 200 g/mol. The maximum absolute atomic E-state index is 10.6.